The number of halogens is 1. The second-order valence-electron chi connectivity index (χ2n) is 8.59. The molecule has 33 heavy (non-hydrogen) atoms. The summed E-state index contributed by atoms with van der Waals surface area (Å²) in [6, 6.07) is 15.6. The molecular weight excluding hydrogens is 488 g/mol. The summed E-state index contributed by atoms with van der Waals surface area (Å²) < 4.78 is 11.4. The SMILES string of the molecule is CC(C)(C)c1ccc(OCC(=O)NNC(=O)CCC(=O)OCCCc2ccccc2)c(Br)c1. The molecule has 2 aromatic rings. The Balaban J connectivity index is 1.59. The third-order valence-corrected chi connectivity index (χ3v) is 5.39. The minimum atomic E-state index is -0.515. The topological polar surface area (TPSA) is 93.7 Å². The number of aryl methyl sites for hydroxylation is 1. The van der Waals surface area contributed by atoms with Crippen LogP contribution in [-0.4, -0.2) is 31.0 Å². The fraction of sp³-hybridized carbons (Fsp3) is 0.400. The maximum atomic E-state index is 11.9. The number of hydrazine groups is 1. The Bertz CT molecular complexity index is 942. The molecule has 0 fully saturated rings. The average molecular weight is 519 g/mol. The predicted molar refractivity (Wildman–Crippen MR) is 130 cm³/mol. The van der Waals surface area contributed by atoms with Crippen LogP contribution in [0.4, 0.5) is 0 Å². The number of rotatable bonds is 10. The molecule has 0 aliphatic carbocycles. The summed E-state index contributed by atoms with van der Waals surface area (Å²) in [5.41, 5.74) is 6.85. The zero-order valence-electron chi connectivity index (χ0n) is 19.3. The zero-order valence-corrected chi connectivity index (χ0v) is 20.9. The van der Waals surface area contributed by atoms with Crippen LogP contribution in [0.25, 0.3) is 0 Å². The largest absolute Gasteiger partial charge is 0.483 e. The van der Waals surface area contributed by atoms with Crippen molar-refractivity contribution in [3.8, 4) is 5.75 Å². The first-order chi connectivity index (χ1) is 15.6. The second kappa shape index (κ2) is 13.0. The van der Waals surface area contributed by atoms with Crippen molar-refractivity contribution in [1.82, 2.24) is 10.9 Å². The third-order valence-electron chi connectivity index (χ3n) is 4.77. The Morgan fingerprint density at radius 3 is 2.30 bits per heavy atom. The number of carbonyl (C=O) groups excluding carboxylic acids is 3. The van der Waals surface area contributed by atoms with Gasteiger partial charge in [0.25, 0.3) is 5.91 Å². The van der Waals surface area contributed by atoms with Gasteiger partial charge < -0.3 is 9.47 Å². The maximum Gasteiger partial charge on any atom is 0.306 e. The molecule has 0 heterocycles. The van der Waals surface area contributed by atoms with E-state index < -0.39 is 17.8 Å². The van der Waals surface area contributed by atoms with Crippen LogP contribution in [0.15, 0.2) is 53.0 Å². The smallest absolute Gasteiger partial charge is 0.306 e. The Morgan fingerprint density at radius 1 is 0.939 bits per heavy atom. The van der Waals surface area contributed by atoms with Crippen molar-refractivity contribution in [3.63, 3.8) is 0 Å². The van der Waals surface area contributed by atoms with Gasteiger partial charge in [0.05, 0.1) is 17.5 Å². The van der Waals surface area contributed by atoms with Crippen LogP contribution in [0.1, 0.15) is 51.2 Å². The van der Waals surface area contributed by atoms with E-state index in [9.17, 15) is 14.4 Å². The van der Waals surface area contributed by atoms with Crippen molar-refractivity contribution in [2.24, 2.45) is 0 Å². The minimum Gasteiger partial charge on any atom is -0.483 e. The number of esters is 1. The van der Waals surface area contributed by atoms with Crippen molar-refractivity contribution < 1.29 is 23.9 Å². The van der Waals surface area contributed by atoms with E-state index in [0.717, 1.165) is 16.5 Å². The van der Waals surface area contributed by atoms with E-state index in [1.807, 2.05) is 42.5 Å². The molecule has 0 atom stereocenters. The van der Waals surface area contributed by atoms with E-state index in [0.29, 0.717) is 18.8 Å². The summed E-state index contributed by atoms with van der Waals surface area (Å²) in [5, 5.41) is 0. The van der Waals surface area contributed by atoms with Crippen LogP contribution in [-0.2, 0) is 31.0 Å². The Labute approximate surface area is 203 Å². The molecule has 0 saturated heterocycles. The van der Waals surface area contributed by atoms with E-state index in [4.69, 9.17) is 9.47 Å². The van der Waals surface area contributed by atoms with Gasteiger partial charge in [-0.3, -0.25) is 25.2 Å². The summed E-state index contributed by atoms with van der Waals surface area (Å²) in [4.78, 5) is 35.5. The normalized spacial score (nSPS) is 10.9. The van der Waals surface area contributed by atoms with Crippen molar-refractivity contribution >= 4 is 33.7 Å². The molecule has 7 nitrogen and oxygen atoms in total. The first-order valence-electron chi connectivity index (χ1n) is 10.8. The lowest BCUT2D eigenvalue weighted by Gasteiger charge is -2.20. The molecule has 0 saturated carbocycles. The minimum absolute atomic E-state index is 0.00269. The number of hydrogen-bond acceptors (Lipinski definition) is 5. The summed E-state index contributed by atoms with van der Waals surface area (Å²) in [5.74, 6) is -0.921. The second-order valence-corrected chi connectivity index (χ2v) is 9.44. The van der Waals surface area contributed by atoms with Crippen molar-refractivity contribution in [3.05, 3.63) is 64.1 Å². The molecule has 2 N–H and O–H groups in total. The maximum absolute atomic E-state index is 11.9. The molecule has 0 unspecified atom stereocenters. The Morgan fingerprint density at radius 2 is 1.64 bits per heavy atom. The first kappa shape index (κ1) is 26.4. The van der Waals surface area contributed by atoms with E-state index in [2.05, 4.69) is 47.6 Å². The van der Waals surface area contributed by atoms with Gasteiger partial charge in [0.2, 0.25) is 5.91 Å². The van der Waals surface area contributed by atoms with Crippen LogP contribution in [0.5, 0.6) is 5.75 Å². The fourth-order valence-corrected chi connectivity index (χ4v) is 3.35. The first-order valence-corrected chi connectivity index (χ1v) is 11.6. The summed E-state index contributed by atoms with van der Waals surface area (Å²) in [6.45, 7) is 6.36. The van der Waals surface area contributed by atoms with Gasteiger partial charge in [0.15, 0.2) is 6.61 Å². The van der Waals surface area contributed by atoms with Gasteiger partial charge in [0, 0.05) is 6.42 Å². The summed E-state index contributed by atoms with van der Waals surface area (Å²) in [7, 11) is 0. The molecule has 0 radical (unpaired) electrons. The molecule has 2 amide bonds. The molecule has 0 aromatic heterocycles. The van der Waals surface area contributed by atoms with Gasteiger partial charge in [-0.25, -0.2) is 0 Å². The molecular formula is C25H31BrN2O5. The number of benzene rings is 2. The van der Waals surface area contributed by atoms with Crippen LogP contribution in [0.3, 0.4) is 0 Å². The van der Waals surface area contributed by atoms with Crippen molar-refractivity contribution in [2.45, 2.75) is 51.9 Å². The molecule has 0 spiro atoms. The third kappa shape index (κ3) is 10.1. The summed E-state index contributed by atoms with van der Waals surface area (Å²) in [6.07, 6.45) is 1.39. The quantitative estimate of drug-likeness (QED) is 0.279. The zero-order chi connectivity index (χ0) is 24.3. The number of hydrogen-bond donors (Lipinski definition) is 2. The Kier molecular flexibility index (Phi) is 10.4. The monoisotopic (exact) mass is 518 g/mol. The molecule has 0 aliphatic heterocycles. The van der Waals surface area contributed by atoms with Crippen molar-refractivity contribution in [1.29, 1.82) is 0 Å². The highest BCUT2D eigenvalue weighted by molar-refractivity contribution is 9.10. The van der Waals surface area contributed by atoms with Crippen LogP contribution in [0.2, 0.25) is 0 Å². The average Bonchev–Trinajstić information content (AvgIpc) is 2.78. The standard InChI is InChI=1S/C25H31BrN2O5/c1-25(2,3)19-11-12-21(20(26)16-19)33-17-23(30)28-27-22(29)13-14-24(31)32-15-7-10-18-8-5-4-6-9-18/h4-6,8-9,11-12,16H,7,10,13-15,17H2,1-3H3,(H,27,29)(H,28,30). The van der Waals surface area contributed by atoms with Gasteiger partial charge >= 0.3 is 5.97 Å². The fourth-order valence-electron chi connectivity index (χ4n) is 2.86. The highest BCUT2D eigenvalue weighted by atomic mass is 79.9. The van der Waals surface area contributed by atoms with E-state index >= 15 is 0 Å². The van der Waals surface area contributed by atoms with Gasteiger partial charge in [-0.05, 0) is 57.4 Å². The van der Waals surface area contributed by atoms with Gasteiger partial charge in [-0.2, -0.15) is 0 Å². The van der Waals surface area contributed by atoms with Crippen molar-refractivity contribution in [2.75, 3.05) is 13.2 Å². The molecule has 8 heteroatoms. The van der Waals surface area contributed by atoms with Crippen LogP contribution >= 0.6 is 15.9 Å². The van der Waals surface area contributed by atoms with Gasteiger partial charge in [-0.1, -0.05) is 57.2 Å². The lowest BCUT2D eigenvalue weighted by atomic mass is 9.87. The van der Waals surface area contributed by atoms with E-state index in [-0.39, 0.29) is 24.9 Å². The molecule has 0 aliphatic rings. The number of ether oxygens (including phenoxy) is 2. The number of nitrogens with one attached hydrogen (secondary N) is 2. The molecule has 178 valence electrons. The molecule has 2 rings (SSSR count). The van der Waals surface area contributed by atoms with Crippen LogP contribution < -0.4 is 15.6 Å². The molecule has 2 aromatic carbocycles. The highest BCUT2D eigenvalue weighted by Gasteiger charge is 2.16. The predicted octanol–water partition coefficient (Wildman–Crippen LogP) is 4.23. The summed E-state index contributed by atoms with van der Waals surface area (Å²) >= 11 is 3.45. The van der Waals surface area contributed by atoms with Crippen LogP contribution in [0, 0.1) is 0 Å². The lowest BCUT2D eigenvalue weighted by molar-refractivity contribution is -0.145. The highest BCUT2D eigenvalue weighted by Crippen LogP contribution is 2.31. The lowest BCUT2D eigenvalue weighted by Crippen LogP contribution is -2.43. The number of amides is 2. The van der Waals surface area contributed by atoms with E-state index in [1.54, 1.807) is 6.07 Å². The number of carbonyl (C=O) groups is 3. The Hall–Kier alpha value is -2.87. The van der Waals surface area contributed by atoms with E-state index in [1.165, 1.54) is 5.56 Å². The van der Waals surface area contributed by atoms with Gasteiger partial charge in [-0.15, -0.1) is 0 Å². The van der Waals surface area contributed by atoms with Gasteiger partial charge in [0.1, 0.15) is 5.75 Å². The molecule has 0 bridgehead atoms.